The molecule has 80 valence electrons. The average Bonchev–Trinajstić information content (AvgIpc) is 2.41. The van der Waals surface area contributed by atoms with Gasteiger partial charge in [-0.05, 0) is 30.7 Å². The first-order valence-corrected chi connectivity index (χ1v) is 6.60. The maximum absolute atomic E-state index is 11.3. The summed E-state index contributed by atoms with van der Waals surface area (Å²) in [5.41, 5.74) is 1.32. The molecule has 0 saturated heterocycles. The summed E-state index contributed by atoms with van der Waals surface area (Å²) in [6, 6.07) is 4.35. The number of rotatable bonds is 1. The molecule has 0 bridgehead atoms. The van der Waals surface area contributed by atoms with Crippen LogP contribution in [0.1, 0.15) is 18.4 Å². The minimum Gasteiger partial charge on any atom is -0.325 e. The summed E-state index contributed by atoms with van der Waals surface area (Å²) >= 11 is 0. The lowest BCUT2D eigenvalue weighted by Gasteiger charge is -2.02. The fraction of sp³-hybridized carbons (Fsp3) is 0.222. The molecule has 0 saturated carbocycles. The number of amides is 1. The van der Waals surface area contributed by atoms with Crippen LogP contribution in [0.3, 0.4) is 0 Å². The summed E-state index contributed by atoms with van der Waals surface area (Å²) in [6.45, 7) is 1.71. The number of carbonyl (C=O) groups excluding carboxylic acids is 1. The minimum atomic E-state index is -3.73. The van der Waals surface area contributed by atoms with E-state index in [1.54, 1.807) is 13.0 Å². The first-order chi connectivity index (χ1) is 6.89. The van der Waals surface area contributed by atoms with Gasteiger partial charge in [-0.3, -0.25) is 4.79 Å². The van der Waals surface area contributed by atoms with Gasteiger partial charge in [0.2, 0.25) is 5.91 Å². The Balaban J connectivity index is 2.58. The van der Waals surface area contributed by atoms with Crippen molar-refractivity contribution in [2.45, 2.75) is 17.7 Å². The van der Waals surface area contributed by atoms with E-state index in [4.69, 9.17) is 10.7 Å². The molecule has 4 nitrogen and oxygen atoms in total. The first-order valence-electron chi connectivity index (χ1n) is 4.29. The molecule has 15 heavy (non-hydrogen) atoms. The topological polar surface area (TPSA) is 63.2 Å². The number of benzene rings is 1. The van der Waals surface area contributed by atoms with Gasteiger partial charge in [-0.1, -0.05) is 0 Å². The lowest BCUT2D eigenvalue weighted by Crippen LogP contribution is -2.08. The van der Waals surface area contributed by atoms with E-state index in [1.165, 1.54) is 12.1 Å². The quantitative estimate of drug-likeness (QED) is 0.766. The van der Waals surface area contributed by atoms with E-state index >= 15 is 0 Å². The van der Waals surface area contributed by atoms with Crippen molar-refractivity contribution in [3.63, 3.8) is 0 Å². The van der Waals surface area contributed by atoms with Gasteiger partial charge < -0.3 is 5.32 Å². The molecule has 1 aromatic carbocycles. The van der Waals surface area contributed by atoms with E-state index in [9.17, 15) is 13.2 Å². The largest absolute Gasteiger partial charge is 0.325 e. The van der Waals surface area contributed by atoms with Crippen molar-refractivity contribution in [2.75, 3.05) is 5.32 Å². The number of halogens is 1. The number of anilines is 1. The molecule has 0 radical (unpaired) electrons. The number of nitrogens with one attached hydrogen (secondary N) is 1. The molecule has 0 fully saturated rings. The molecule has 1 amide bonds. The molecule has 6 heteroatoms. The molecule has 0 aliphatic carbocycles. The Morgan fingerprint density at radius 1 is 1.40 bits per heavy atom. The van der Waals surface area contributed by atoms with Crippen LogP contribution < -0.4 is 5.32 Å². The third kappa shape index (κ3) is 1.72. The molecular formula is C9H8ClNO3S. The van der Waals surface area contributed by atoms with Crippen molar-refractivity contribution in [1.29, 1.82) is 0 Å². The van der Waals surface area contributed by atoms with E-state index < -0.39 is 9.05 Å². The zero-order chi connectivity index (χ0) is 11.2. The second-order valence-electron chi connectivity index (χ2n) is 3.40. The Labute approximate surface area is 91.7 Å². The van der Waals surface area contributed by atoms with Gasteiger partial charge >= 0.3 is 0 Å². The predicted molar refractivity (Wildman–Crippen MR) is 56.5 cm³/mol. The Kier molecular flexibility index (Phi) is 2.24. The third-order valence-corrected chi connectivity index (χ3v) is 3.77. The van der Waals surface area contributed by atoms with E-state index in [-0.39, 0.29) is 16.7 Å². The Morgan fingerprint density at radius 2 is 2.07 bits per heavy atom. The van der Waals surface area contributed by atoms with Gasteiger partial charge in [-0.15, -0.1) is 0 Å². The lowest BCUT2D eigenvalue weighted by molar-refractivity contribution is -0.116. The van der Waals surface area contributed by atoms with Crippen LogP contribution in [0.2, 0.25) is 0 Å². The molecule has 1 heterocycles. The average molecular weight is 246 g/mol. The van der Waals surface area contributed by atoms with Crippen molar-refractivity contribution in [2.24, 2.45) is 0 Å². The van der Waals surface area contributed by atoms with Crippen LogP contribution >= 0.6 is 10.7 Å². The van der Waals surface area contributed by atoms with Crippen molar-refractivity contribution in [3.05, 3.63) is 23.8 Å². The first kappa shape index (κ1) is 10.4. The summed E-state index contributed by atoms with van der Waals surface area (Å²) < 4.78 is 22.2. The highest BCUT2D eigenvalue weighted by molar-refractivity contribution is 8.13. The molecule has 0 aromatic heterocycles. The standard InChI is InChI=1S/C9H8ClNO3S/c1-5-7-4-6(15(10,13)14)2-3-8(7)11-9(5)12/h2-5H,1H3,(H,11,12)/t5-/m0/s1. The van der Waals surface area contributed by atoms with Crippen LogP contribution in [0.15, 0.2) is 23.1 Å². The Hall–Kier alpha value is -1.07. The molecule has 1 aliphatic heterocycles. The minimum absolute atomic E-state index is 0.0197. The highest BCUT2D eigenvalue weighted by atomic mass is 35.7. The maximum Gasteiger partial charge on any atom is 0.261 e. The van der Waals surface area contributed by atoms with E-state index in [1.807, 2.05) is 0 Å². The van der Waals surface area contributed by atoms with E-state index in [0.29, 0.717) is 11.3 Å². The van der Waals surface area contributed by atoms with Gasteiger partial charge in [-0.2, -0.15) is 0 Å². The third-order valence-electron chi connectivity index (χ3n) is 2.42. The van der Waals surface area contributed by atoms with Crippen molar-refractivity contribution >= 4 is 31.3 Å². The van der Waals surface area contributed by atoms with Gasteiger partial charge in [0.1, 0.15) is 0 Å². The molecule has 2 rings (SSSR count). The van der Waals surface area contributed by atoms with Gasteiger partial charge in [0.05, 0.1) is 10.8 Å². The maximum atomic E-state index is 11.3. The zero-order valence-electron chi connectivity index (χ0n) is 7.82. The SMILES string of the molecule is C[C@@H]1C(=O)Nc2ccc(S(=O)(=O)Cl)cc21. The van der Waals surface area contributed by atoms with Crippen LogP contribution in [0.5, 0.6) is 0 Å². The van der Waals surface area contributed by atoms with Crippen LogP contribution in [0.25, 0.3) is 0 Å². The molecule has 1 N–H and O–H groups in total. The van der Waals surface area contributed by atoms with E-state index in [0.717, 1.165) is 0 Å². The number of hydrogen-bond donors (Lipinski definition) is 1. The fourth-order valence-corrected chi connectivity index (χ4v) is 2.33. The zero-order valence-corrected chi connectivity index (χ0v) is 9.39. The fourth-order valence-electron chi connectivity index (χ4n) is 1.55. The molecule has 1 aliphatic rings. The van der Waals surface area contributed by atoms with Crippen LogP contribution in [0, 0.1) is 0 Å². The highest BCUT2D eigenvalue weighted by Crippen LogP contribution is 2.34. The molecule has 0 unspecified atom stereocenters. The van der Waals surface area contributed by atoms with Gasteiger partial charge in [-0.25, -0.2) is 8.42 Å². The molecule has 1 atom stereocenters. The van der Waals surface area contributed by atoms with Crippen LogP contribution in [-0.4, -0.2) is 14.3 Å². The highest BCUT2D eigenvalue weighted by Gasteiger charge is 2.27. The van der Waals surface area contributed by atoms with Crippen molar-refractivity contribution < 1.29 is 13.2 Å². The monoisotopic (exact) mass is 245 g/mol. The predicted octanol–water partition coefficient (Wildman–Crippen LogP) is 1.67. The molecular weight excluding hydrogens is 238 g/mol. The summed E-state index contributed by atoms with van der Waals surface area (Å²) in [4.78, 5) is 11.3. The number of hydrogen-bond acceptors (Lipinski definition) is 3. The van der Waals surface area contributed by atoms with Crippen molar-refractivity contribution in [3.8, 4) is 0 Å². The molecule has 1 aromatic rings. The number of carbonyl (C=O) groups is 1. The smallest absolute Gasteiger partial charge is 0.261 e. The summed E-state index contributed by atoms with van der Waals surface area (Å²) in [6.07, 6.45) is 0. The van der Waals surface area contributed by atoms with Gasteiger partial charge in [0.15, 0.2) is 0 Å². The second kappa shape index (κ2) is 3.21. The van der Waals surface area contributed by atoms with Gasteiger partial charge in [0.25, 0.3) is 9.05 Å². The van der Waals surface area contributed by atoms with Crippen molar-refractivity contribution in [1.82, 2.24) is 0 Å². The van der Waals surface area contributed by atoms with Crippen LogP contribution in [-0.2, 0) is 13.8 Å². The van der Waals surface area contributed by atoms with Gasteiger partial charge in [0, 0.05) is 16.4 Å². The summed E-state index contributed by atoms with van der Waals surface area (Å²) in [5, 5.41) is 2.65. The van der Waals surface area contributed by atoms with Crippen LogP contribution in [0.4, 0.5) is 5.69 Å². The summed E-state index contributed by atoms with van der Waals surface area (Å²) in [5.74, 6) is -0.465. The lowest BCUT2D eigenvalue weighted by atomic mass is 10.0. The molecule has 0 spiro atoms. The Bertz CT molecular complexity index is 538. The normalized spacial score (nSPS) is 19.9. The Morgan fingerprint density at radius 3 is 2.67 bits per heavy atom. The summed E-state index contributed by atoms with van der Waals surface area (Å²) in [7, 11) is 1.48. The van der Waals surface area contributed by atoms with E-state index in [2.05, 4.69) is 5.32 Å². The number of fused-ring (bicyclic) bond motifs is 1. The second-order valence-corrected chi connectivity index (χ2v) is 5.96.